The van der Waals surface area contributed by atoms with E-state index in [4.69, 9.17) is 0 Å². The van der Waals surface area contributed by atoms with E-state index in [0.717, 1.165) is 24.3 Å². The van der Waals surface area contributed by atoms with Crippen molar-refractivity contribution in [2.24, 2.45) is 0 Å². The van der Waals surface area contributed by atoms with Gasteiger partial charge in [-0.3, -0.25) is 0 Å². The van der Waals surface area contributed by atoms with Gasteiger partial charge in [-0.2, -0.15) is 0 Å². The highest BCUT2D eigenvalue weighted by Crippen LogP contribution is 2.32. The Labute approximate surface area is 116 Å². The summed E-state index contributed by atoms with van der Waals surface area (Å²) < 4.78 is 55.2. The maximum Gasteiger partial charge on any atom is 0.134 e. The number of hydrogen-bond acceptors (Lipinski definition) is 0. The van der Waals surface area contributed by atoms with E-state index in [0.29, 0.717) is 11.1 Å². The van der Waals surface area contributed by atoms with Crippen molar-refractivity contribution in [3.63, 3.8) is 0 Å². The molecule has 0 aliphatic rings. The lowest BCUT2D eigenvalue weighted by molar-refractivity contribution is 0.561. The van der Waals surface area contributed by atoms with Crippen LogP contribution in [0.15, 0.2) is 24.3 Å². The number of aryl methyl sites for hydroxylation is 1. The smallest absolute Gasteiger partial charge is 0.134 e. The predicted octanol–water partition coefficient (Wildman–Crippen LogP) is 5.11. The molecular formula is C14H9BrF4. The Morgan fingerprint density at radius 3 is 1.53 bits per heavy atom. The highest BCUT2D eigenvalue weighted by Gasteiger charge is 2.20. The van der Waals surface area contributed by atoms with Crippen molar-refractivity contribution >= 4 is 15.9 Å². The molecule has 2 aromatic rings. The van der Waals surface area contributed by atoms with Crippen molar-refractivity contribution in [3.8, 4) is 11.1 Å². The first kappa shape index (κ1) is 14.1. The lowest BCUT2D eigenvalue weighted by Gasteiger charge is -2.10. The summed E-state index contributed by atoms with van der Waals surface area (Å²) in [4.78, 5) is 0. The normalized spacial score (nSPS) is 10.8. The summed E-state index contributed by atoms with van der Waals surface area (Å²) in [6, 6.07) is 4.17. The topological polar surface area (TPSA) is 0 Å². The van der Waals surface area contributed by atoms with E-state index in [1.165, 1.54) is 6.92 Å². The summed E-state index contributed by atoms with van der Waals surface area (Å²) >= 11 is 3.06. The Morgan fingerprint density at radius 2 is 1.16 bits per heavy atom. The summed E-state index contributed by atoms with van der Waals surface area (Å²) in [5, 5.41) is 0.250. The van der Waals surface area contributed by atoms with Crippen molar-refractivity contribution in [2.45, 2.75) is 12.3 Å². The first-order valence-electron chi connectivity index (χ1n) is 5.44. The van der Waals surface area contributed by atoms with Crippen LogP contribution in [0, 0.1) is 30.2 Å². The number of rotatable bonds is 2. The van der Waals surface area contributed by atoms with Crippen LogP contribution in [0.1, 0.15) is 11.1 Å². The quantitative estimate of drug-likeness (QED) is 0.529. The Kier molecular flexibility index (Phi) is 3.94. The highest BCUT2D eigenvalue weighted by molar-refractivity contribution is 9.08. The summed E-state index contributed by atoms with van der Waals surface area (Å²) in [6.07, 6.45) is 0. The fourth-order valence-electron chi connectivity index (χ4n) is 1.88. The molecule has 0 heterocycles. The standard InChI is InChI=1S/C14H9BrF4/c1-7-2-9(16)13(10(17)3-7)14-11(18)4-8(6-15)5-12(14)19/h2-5H,6H2,1H3. The van der Waals surface area contributed by atoms with Gasteiger partial charge < -0.3 is 0 Å². The zero-order chi connectivity index (χ0) is 14.2. The van der Waals surface area contributed by atoms with Crippen LogP contribution in [-0.2, 0) is 5.33 Å². The van der Waals surface area contributed by atoms with Gasteiger partial charge >= 0.3 is 0 Å². The zero-order valence-electron chi connectivity index (χ0n) is 9.91. The van der Waals surface area contributed by atoms with Crippen LogP contribution in [0.2, 0.25) is 0 Å². The predicted molar refractivity (Wildman–Crippen MR) is 69.1 cm³/mol. The van der Waals surface area contributed by atoms with Crippen LogP contribution in [0.3, 0.4) is 0 Å². The second-order valence-corrected chi connectivity index (χ2v) is 4.73. The Hall–Kier alpha value is -1.36. The van der Waals surface area contributed by atoms with Crippen LogP contribution < -0.4 is 0 Å². The van der Waals surface area contributed by atoms with Crippen LogP contribution in [-0.4, -0.2) is 0 Å². The van der Waals surface area contributed by atoms with E-state index < -0.39 is 34.4 Å². The molecule has 0 aliphatic heterocycles. The Balaban J connectivity index is 2.73. The minimum absolute atomic E-state index is 0.250. The number of alkyl halides is 1. The first-order chi connectivity index (χ1) is 8.93. The third kappa shape index (κ3) is 2.66. The van der Waals surface area contributed by atoms with Crippen molar-refractivity contribution in [1.29, 1.82) is 0 Å². The molecule has 0 atom stereocenters. The molecule has 5 heteroatoms. The lowest BCUT2D eigenvalue weighted by Crippen LogP contribution is -1.99. The van der Waals surface area contributed by atoms with Crippen molar-refractivity contribution in [1.82, 2.24) is 0 Å². The van der Waals surface area contributed by atoms with Gasteiger partial charge in [-0.1, -0.05) is 15.9 Å². The molecule has 0 spiro atoms. The van der Waals surface area contributed by atoms with Crippen LogP contribution in [0.5, 0.6) is 0 Å². The van der Waals surface area contributed by atoms with Crippen molar-refractivity contribution in [3.05, 3.63) is 58.7 Å². The first-order valence-corrected chi connectivity index (χ1v) is 6.56. The summed E-state index contributed by atoms with van der Waals surface area (Å²) in [6.45, 7) is 1.50. The van der Waals surface area contributed by atoms with E-state index in [1.807, 2.05) is 0 Å². The fraction of sp³-hybridized carbons (Fsp3) is 0.143. The molecule has 0 amide bonds. The second kappa shape index (κ2) is 5.33. The highest BCUT2D eigenvalue weighted by atomic mass is 79.9. The number of benzene rings is 2. The van der Waals surface area contributed by atoms with E-state index in [2.05, 4.69) is 15.9 Å². The fourth-order valence-corrected chi connectivity index (χ4v) is 2.20. The minimum atomic E-state index is -0.990. The Bertz CT molecular complexity index is 591. The zero-order valence-corrected chi connectivity index (χ0v) is 11.5. The molecule has 2 rings (SSSR count). The largest absolute Gasteiger partial charge is 0.206 e. The average molecular weight is 333 g/mol. The molecule has 0 N–H and O–H groups in total. The summed E-state index contributed by atoms with van der Waals surface area (Å²) in [7, 11) is 0. The number of hydrogen-bond donors (Lipinski definition) is 0. The van der Waals surface area contributed by atoms with E-state index in [1.54, 1.807) is 0 Å². The third-order valence-corrected chi connectivity index (χ3v) is 3.34. The van der Waals surface area contributed by atoms with Crippen LogP contribution >= 0.6 is 15.9 Å². The molecule has 0 radical (unpaired) electrons. The summed E-state index contributed by atoms with van der Waals surface area (Å²) in [5.74, 6) is -3.95. The van der Waals surface area contributed by atoms with E-state index in [-0.39, 0.29) is 5.33 Å². The SMILES string of the molecule is Cc1cc(F)c(-c2c(F)cc(CBr)cc2F)c(F)c1. The van der Waals surface area contributed by atoms with E-state index in [9.17, 15) is 17.6 Å². The van der Waals surface area contributed by atoms with Crippen LogP contribution in [0.4, 0.5) is 17.6 Å². The van der Waals surface area contributed by atoms with Gasteiger partial charge in [0.15, 0.2) is 0 Å². The van der Waals surface area contributed by atoms with Gasteiger partial charge in [-0.15, -0.1) is 0 Å². The number of halogens is 5. The second-order valence-electron chi connectivity index (χ2n) is 4.17. The van der Waals surface area contributed by atoms with Gasteiger partial charge in [0.25, 0.3) is 0 Å². The molecule has 0 saturated heterocycles. The molecule has 0 saturated carbocycles. The van der Waals surface area contributed by atoms with Gasteiger partial charge in [0.2, 0.25) is 0 Å². The van der Waals surface area contributed by atoms with Gasteiger partial charge in [-0.25, -0.2) is 17.6 Å². The molecule has 0 aromatic heterocycles. The minimum Gasteiger partial charge on any atom is -0.206 e. The molecule has 100 valence electrons. The third-order valence-electron chi connectivity index (χ3n) is 2.69. The molecule has 0 bridgehead atoms. The summed E-state index contributed by atoms with van der Waals surface area (Å²) in [5.41, 5.74) is -0.662. The van der Waals surface area contributed by atoms with Gasteiger partial charge in [0.05, 0.1) is 11.1 Å². The average Bonchev–Trinajstić information content (AvgIpc) is 2.31. The van der Waals surface area contributed by atoms with Crippen molar-refractivity contribution in [2.75, 3.05) is 0 Å². The molecular weight excluding hydrogens is 324 g/mol. The molecule has 0 aliphatic carbocycles. The molecule has 0 unspecified atom stereocenters. The van der Waals surface area contributed by atoms with Gasteiger partial charge in [0, 0.05) is 5.33 Å². The van der Waals surface area contributed by atoms with Crippen LogP contribution in [0.25, 0.3) is 11.1 Å². The van der Waals surface area contributed by atoms with Gasteiger partial charge in [-0.05, 0) is 42.3 Å². The molecule has 0 fully saturated rings. The van der Waals surface area contributed by atoms with Crippen molar-refractivity contribution < 1.29 is 17.6 Å². The lowest BCUT2D eigenvalue weighted by atomic mass is 10.00. The van der Waals surface area contributed by atoms with E-state index >= 15 is 0 Å². The molecule has 0 nitrogen and oxygen atoms in total. The maximum atomic E-state index is 13.9. The monoisotopic (exact) mass is 332 g/mol. The Morgan fingerprint density at radius 1 is 0.789 bits per heavy atom. The maximum absolute atomic E-state index is 13.9. The molecule has 2 aromatic carbocycles. The van der Waals surface area contributed by atoms with Gasteiger partial charge in [0.1, 0.15) is 23.3 Å². The molecule has 19 heavy (non-hydrogen) atoms.